The third kappa shape index (κ3) is 6.23. The van der Waals surface area contributed by atoms with E-state index in [0.717, 1.165) is 12.1 Å². The van der Waals surface area contributed by atoms with Crippen LogP contribution < -0.4 is 20.1 Å². The quantitative estimate of drug-likeness (QED) is 0.687. The molecule has 2 aromatic carbocycles. The second-order valence-electron chi connectivity index (χ2n) is 5.71. The third-order valence-corrected chi connectivity index (χ3v) is 4.90. The molecule has 0 aliphatic heterocycles. The lowest BCUT2D eigenvalue weighted by molar-refractivity contribution is -0.114. The van der Waals surface area contributed by atoms with E-state index in [1.807, 2.05) is 0 Å². The van der Waals surface area contributed by atoms with Crippen molar-refractivity contribution in [3.63, 3.8) is 0 Å². The Morgan fingerprint density at radius 2 is 1.36 bits per heavy atom. The molecule has 0 atom stereocenters. The number of rotatable bonds is 8. The molecule has 0 saturated heterocycles. The minimum Gasteiger partial charge on any atom is -0.493 e. The highest BCUT2D eigenvalue weighted by Crippen LogP contribution is 2.29. The Morgan fingerprint density at radius 3 is 1.89 bits per heavy atom. The molecule has 0 bridgehead atoms. The number of halogens is 1. The highest BCUT2D eigenvalue weighted by atomic mass is 32.2. The zero-order valence-electron chi connectivity index (χ0n) is 15.2. The number of hydrogen-bond acceptors (Lipinski definition) is 6. The Balaban J connectivity index is 1.94. The van der Waals surface area contributed by atoms with Crippen molar-refractivity contribution in [3.05, 3.63) is 48.3 Å². The van der Waals surface area contributed by atoms with Gasteiger partial charge < -0.3 is 20.1 Å². The van der Waals surface area contributed by atoms with Crippen LogP contribution in [0.2, 0.25) is 0 Å². The number of benzene rings is 2. The molecular weight excluding hydrogens is 391 g/mol. The summed E-state index contributed by atoms with van der Waals surface area (Å²) >= 11 is 0. The van der Waals surface area contributed by atoms with Crippen LogP contribution in [0.4, 0.5) is 15.8 Å². The Morgan fingerprint density at radius 1 is 0.857 bits per heavy atom. The maximum Gasteiger partial charge on any atom is 0.239 e. The van der Waals surface area contributed by atoms with Gasteiger partial charge in [0.2, 0.25) is 11.8 Å². The Labute approximate surface area is 161 Å². The smallest absolute Gasteiger partial charge is 0.239 e. The fraction of sp³-hybridized carbons (Fsp3) is 0.222. The number of carbonyl (C=O) groups excluding carboxylic acids is 2. The molecule has 8 nitrogen and oxygen atoms in total. The van der Waals surface area contributed by atoms with Gasteiger partial charge in [-0.3, -0.25) is 9.59 Å². The number of hydrogen-bond donors (Lipinski definition) is 2. The molecule has 0 radical (unpaired) electrons. The zero-order valence-corrected chi connectivity index (χ0v) is 16.0. The van der Waals surface area contributed by atoms with Gasteiger partial charge in [0, 0.05) is 17.4 Å². The largest absolute Gasteiger partial charge is 0.493 e. The number of nitrogens with one attached hydrogen (secondary N) is 2. The number of carbonyl (C=O) groups is 2. The predicted molar refractivity (Wildman–Crippen MR) is 102 cm³/mol. The molecule has 0 aliphatic rings. The third-order valence-electron chi connectivity index (χ3n) is 3.50. The van der Waals surface area contributed by atoms with Gasteiger partial charge in [0.15, 0.2) is 21.3 Å². The van der Waals surface area contributed by atoms with Gasteiger partial charge in [0.05, 0.1) is 14.2 Å². The predicted octanol–water partition coefficient (Wildman–Crippen LogP) is 1.83. The van der Waals surface area contributed by atoms with Crippen molar-refractivity contribution in [2.24, 2.45) is 0 Å². The highest BCUT2D eigenvalue weighted by molar-refractivity contribution is 7.92. The van der Waals surface area contributed by atoms with E-state index < -0.39 is 39.0 Å². The monoisotopic (exact) mass is 410 g/mol. The number of methoxy groups -OCH3 is 2. The summed E-state index contributed by atoms with van der Waals surface area (Å²) in [4.78, 5) is 23.9. The standard InChI is InChI=1S/C18H19FN2O6S/c1-26-15-8-7-14(9-16(15)27-2)21-18(23)11-28(24,25)10-17(22)20-13-5-3-12(19)4-6-13/h3-9H,10-11H2,1-2H3,(H,20,22)(H,21,23). The van der Waals surface area contributed by atoms with Gasteiger partial charge in [-0.25, -0.2) is 12.8 Å². The average Bonchev–Trinajstić information content (AvgIpc) is 2.62. The van der Waals surface area contributed by atoms with Crippen LogP contribution in [-0.4, -0.2) is 46.0 Å². The molecule has 150 valence electrons. The summed E-state index contributed by atoms with van der Waals surface area (Å²) < 4.78 is 47.2. The number of ether oxygens (including phenoxy) is 2. The molecule has 28 heavy (non-hydrogen) atoms. The normalized spacial score (nSPS) is 10.8. The maximum atomic E-state index is 12.8. The van der Waals surface area contributed by atoms with Gasteiger partial charge in [-0.15, -0.1) is 0 Å². The fourth-order valence-corrected chi connectivity index (χ4v) is 3.34. The minimum absolute atomic E-state index is 0.247. The number of sulfone groups is 1. The van der Waals surface area contributed by atoms with Gasteiger partial charge in [-0.1, -0.05) is 0 Å². The maximum absolute atomic E-state index is 12.8. The summed E-state index contributed by atoms with van der Waals surface area (Å²) in [6.45, 7) is 0. The van der Waals surface area contributed by atoms with Crippen LogP contribution in [0.3, 0.4) is 0 Å². The van der Waals surface area contributed by atoms with Crippen LogP contribution in [0.25, 0.3) is 0 Å². The average molecular weight is 410 g/mol. The van der Waals surface area contributed by atoms with Gasteiger partial charge in [-0.2, -0.15) is 0 Å². The Bertz CT molecular complexity index is 961. The first-order chi connectivity index (χ1) is 13.2. The molecule has 2 amide bonds. The molecule has 0 aromatic heterocycles. The summed E-state index contributed by atoms with van der Waals surface area (Å²) in [5.41, 5.74) is 0.560. The van der Waals surface area contributed by atoms with Crippen LogP contribution in [-0.2, 0) is 19.4 Å². The van der Waals surface area contributed by atoms with Gasteiger partial charge in [0.1, 0.15) is 17.3 Å². The SMILES string of the molecule is COc1ccc(NC(=O)CS(=O)(=O)CC(=O)Nc2ccc(F)cc2)cc1OC. The molecule has 10 heteroatoms. The first-order valence-corrected chi connectivity index (χ1v) is 9.82. The lowest BCUT2D eigenvalue weighted by Gasteiger charge is -2.11. The summed E-state index contributed by atoms with van der Waals surface area (Å²) in [7, 11) is -1.13. The summed E-state index contributed by atoms with van der Waals surface area (Å²) in [6, 6.07) is 9.39. The van der Waals surface area contributed by atoms with E-state index in [2.05, 4.69) is 10.6 Å². The van der Waals surface area contributed by atoms with Crippen LogP contribution in [0.5, 0.6) is 11.5 Å². The van der Waals surface area contributed by atoms with Crippen molar-refractivity contribution in [1.82, 2.24) is 0 Å². The Hall–Kier alpha value is -3.14. The van der Waals surface area contributed by atoms with E-state index in [9.17, 15) is 22.4 Å². The summed E-state index contributed by atoms with van der Waals surface area (Å²) in [5.74, 6) is -3.07. The second-order valence-corrected chi connectivity index (χ2v) is 7.77. The van der Waals surface area contributed by atoms with Gasteiger partial charge in [0.25, 0.3) is 0 Å². The first-order valence-electron chi connectivity index (χ1n) is 8.00. The highest BCUT2D eigenvalue weighted by Gasteiger charge is 2.21. The van der Waals surface area contributed by atoms with Gasteiger partial charge >= 0.3 is 0 Å². The second kappa shape index (κ2) is 9.18. The lowest BCUT2D eigenvalue weighted by Crippen LogP contribution is -2.30. The van der Waals surface area contributed by atoms with E-state index in [0.29, 0.717) is 17.2 Å². The Kier molecular flexibility index (Phi) is 6.94. The number of anilines is 2. The van der Waals surface area contributed by atoms with E-state index in [4.69, 9.17) is 9.47 Å². The first kappa shape index (κ1) is 21.2. The van der Waals surface area contributed by atoms with Crippen LogP contribution in [0, 0.1) is 5.82 Å². The fourth-order valence-electron chi connectivity index (χ4n) is 2.29. The molecule has 0 aliphatic carbocycles. The van der Waals surface area contributed by atoms with E-state index >= 15 is 0 Å². The number of amides is 2. The van der Waals surface area contributed by atoms with E-state index in [1.54, 1.807) is 6.07 Å². The van der Waals surface area contributed by atoms with Gasteiger partial charge in [-0.05, 0) is 36.4 Å². The molecule has 2 aromatic rings. The molecule has 0 heterocycles. The van der Waals surface area contributed by atoms with Crippen molar-refractivity contribution < 1.29 is 31.9 Å². The summed E-state index contributed by atoms with van der Waals surface area (Å²) in [6.07, 6.45) is 0. The van der Waals surface area contributed by atoms with Crippen molar-refractivity contribution >= 4 is 33.0 Å². The minimum atomic E-state index is -4.01. The molecule has 0 saturated carbocycles. The molecule has 0 fully saturated rings. The topological polar surface area (TPSA) is 111 Å². The van der Waals surface area contributed by atoms with E-state index in [1.165, 1.54) is 38.5 Å². The molecular formula is C18H19FN2O6S. The molecule has 0 unspecified atom stereocenters. The van der Waals surface area contributed by atoms with Crippen molar-refractivity contribution in [1.29, 1.82) is 0 Å². The lowest BCUT2D eigenvalue weighted by atomic mass is 10.2. The van der Waals surface area contributed by atoms with Crippen LogP contribution in [0.1, 0.15) is 0 Å². The van der Waals surface area contributed by atoms with E-state index in [-0.39, 0.29) is 5.69 Å². The van der Waals surface area contributed by atoms with Crippen molar-refractivity contribution in [3.8, 4) is 11.5 Å². The molecule has 2 rings (SSSR count). The zero-order chi connectivity index (χ0) is 20.7. The van der Waals surface area contributed by atoms with Crippen molar-refractivity contribution in [2.45, 2.75) is 0 Å². The molecule has 2 N–H and O–H groups in total. The summed E-state index contributed by atoms with van der Waals surface area (Å²) in [5, 5.41) is 4.76. The van der Waals surface area contributed by atoms with Crippen LogP contribution >= 0.6 is 0 Å². The van der Waals surface area contributed by atoms with Crippen LogP contribution in [0.15, 0.2) is 42.5 Å². The van der Waals surface area contributed by atoms with Crippen molar-refractivity contribution in [2.75, 3.05) is 36.4 Å². The molecule has 0 spiro atoms.